The van der Waals surface area contributed by atoms with Crippen molar-refractivity contribution in [2.24, 2.45) is 7.05 Å². The molecule has 15 heavy (non-hydrogen) atoms. The predicted molar refractivity (Wildman–Crippen MR) is 56.7 cm³/mol. The highest BCUT2D eigenvalue weighted by Crippen LogP contribution is 2.16. The number of benzene rings is 1. The molecule has 0 fully saturated rings. The van der Waals surface area contributed by atoms with Crippen molar-refractivity contribution in [3.05, 3.63) is 42.9 Å². The van der Waals surface area contributed by atoms with Crippen LogP contribution in [0.2, 0.25) is 0 Å². The van der Waals surface area contributed by atoms with Gasteiger partial charge in [-0.25, -0.2) is 4.68 Å². The number of rotatable bonds is 1. The summed E-state index contributed by atoms with van der Waals surface area (Å²) >= 11 is 0. The van der Waals surface area contributed by atoms with Crippen LogP contribution >= 0.6 is 0 Å². The molecule has 0 unspecified atom stereocenters. The van der Waals surface area contributed by atoms with Crippen LogP contribution in [0.25, 0.3) is 16.6 Å². The Kier molecular flexibility index (Phi) is 1.62. The summed E-state index contributed by atoms with van der Waals surface area (Å²) in [5, 5.41) is 9.53. The molecule has 0 bridgehead atoms. The molecule has 0 spiro atoms. The third kappa shape index (κ3) is 1.22. The molecule has 0 aliphatic rings. The van der Waals surface area contributed by atoms with E-state index in [0.717, 1.165) is 16.6 Å². The zero-order valence-corrected chi connectivity index (χ0v) is 8.25. The second kappa shape index (κ2) is 2.95. The van der Waals surface area contributed by atoms with Crippen molar-refractivity contribution in [3.63, 3.8) is 0 Å². The van der Waals surface area contributed by atoms with Gasteiger partial charge >= 0.3 is 0 Å². The van der Waals surface area contributed by atoms with E-state index >= 15 is 0 Å². The van der Waals surface area contributed by atoms with E-state index in [4.69, 9.17) is 0 Å². The van der Waals surface area contributed by atoms with E-state index in [9.17, 15) is 0 Å². The van der Waals surface area contributed by atoms with E-state index in [0.29, 0.717) is 0 Å². The zero-order chi connectivity index (χ0) is 10.3. The molecule has 0 amide bonds. The van der Waals surface area contributed by atoms with Gasteiger partial charge in [0.2, 0.25) is 0 Å². The summed E-state index contributed by atoms with van der Waals surface area (Å²) in [5.41, 5.74) is 2.04. The van der Waals surface area contributed by atoms with Crippen LogP contribution in [-0.2, 0) is 7.05 Å². The first-order chi connectivity index (χ1) is 7.34. The SMILES string of the molecule is Cn1cc(-n2ncc3c[c]ccc32)cn1. The molecular weight excluding hydrogens is 188 g/mol. The zero-order valence-electron chi connectivity index (χ0n) is 8.25. The fourth-order valence-electron chi connectivity index (χ4n) is 1.64. The molecule has 3 aromatic rings. The lowest BCUT2D eigenvalue weighted by Crippen LogP contribution is -1.93. The molecule has 3 rings (SSSR count). The molecule has 0 saturated carbocycles. The Hall–Kier alpha value is -2.10. The number of hydrogen-bond donors (Lipinski definition) is 0. The molecule has 0 atom stereocenters. The van der Waals surface area contributed by atoms with Gasteiger partial charge in [0.1, 0.15) is 5.69 Å². The molecule has 2 aromatic heterocycles. The number of aryl methyl sites for hydroxylation is 1. The highest BCUT2D eigenvalue weighted by Gasteiger charge is 2.04. The first-order valence-corrected chi connectivity index (χ1v) is 4.67. The molecule has 0 saturated heterocycles. The molecule has 73 valence electrons. The quantitative estimate of drug-likeness (QED) is 0.593. The third-order valence-electron chi connectivity index (χ3n) is 2.35. The Morgan fingerprint density at radius 3 is 3.00 bits per heavy atom. The van der Waals surface area contributed by atoms with E-state index in [1.165, 1.54) is 0 Å². The summed E-state index contributed by atoms with van der Waals surface area (Å²) in [4.78, 5) is 0. The molecule has 0 N–H and O–H groups in total. The van der Waals surface area contributed by atoms with Crippen LogP contribution < -0.4 is 0 Å². The lowest BCUT2D eigenvalue weighted by Gasteiger charge is -1.97. The second-order valence-electron chi connectivity index (χ2n) is 3.41. The van der Waals surface area contributed by atoms with Gasteiger partial charge in [-0.3, -0.25) is 4.68 Å². The highest BCUT2D eigenvalue weighted by atomic mass is 15.3. The fourth-order valence-corrected chi connectivity index (χ4v) is 1.64. The standard InChI is InChI=1S/C11H9N4/c1-14-8-10(7-12-14)15-11-5-3-2-4-9(11)6-13-15/h3-8H,1H3. The maximum absolute atomic E-state index is 4.32. The van der Waals surface area contributed by atoms with Crippen LogP contribution in [0.5, 0.6) is 0 Å². The summed E-state index contributed by atoms with van der Waals surface area (Å²) in [7, 11) is 1.89. The van der Waals surface area contributed by atoms with Gasteiger partial charge in [-0.2, -0.15) is 10.2 Å². The summed E-state index contributed by atoms with van der Waals surface area (Å²) in [6.45, 7) is 0. The smallest absolute Gasteiger partial charge is 0.103 e. The Bertz CT molecular complexity index is 606. The molecule has 0 aliphatic carbocycles. The number of fused-ring (bicyclic) bond motifs is 1. The Morgan fingerprint density at radius 2 is 2.20 bits per heavy atom. The van der Waals surface area contributed by atoms with Crippen LogP contribution in [0.3, 0.4) is 0 Å². The normalized spacial score (nSPS) is 11.0. The minimum absolute atomic E-state index is 0.971. The lowest BCUT2D eigenvalue weighted by atomic mass is 10.2. The fraction of sp³-hybridized carbons (Fsp3) is 0.0909. The van der Waals surface area contributed by atoms with Crippen molar-refractivity contribution in [1.29, 1.82) is 0 Å². The molecular formula is C11H9N4. The molecule has 0 aliphatic heterocycles. The molecule has 1 radical (unpaired) electrons. The van der Waals surface area contributed by atoms with Crippen molar-refractivity contribution < 1.29 is 0 Å². The number of aromatic nitrogens is 4. The van der Waals surface area contributed by atoms with Crippen LogP contribution in [0.4, 0.5) is 0 Å². The van der Waals surface area contributed by atoms with E-state index < -0.39 is 0 Å². The largest absolute Gasteiger partial charge is 0.274 e. The van der Waals surface area contributed by atoms with Crippen molar-refractivity contribution >= 4 is 10.9 Å². The number of nitrogens with zero attached hydrogens (tertiary/aromatic N) is 4. The van der Waals surface area contributed by atoms with Gasteiger partial charge in [0.05, 0.1) is 24.1 Å². The van der Waals surface area contributed by atoms with Gasteiger partial charge in [0.25, 0.3) is 0 Å². The summed E-state index contributed by atoms with van der Waals surface area (Å²) in [5.74, 6) is 0. The van der Waals surface area contributed by atoms with Gasteiger partial charge in [0.15, 0.2) is 0 Å². The van der Waals surface area contributed by atoms with E-state index in [2.05, 4.69) is 16.3 Å². The van der Waals surface area contributed by atoms with Crippen LogP contribution in [0, 0.1) is 6.07 Å². The Balaban J connectivity index is 2.27. The Labute approximate surface area is 86.7 Å². The summed E-state index contributed by atoms with van der Waals surface area (Å²) in [6, 6.07) is 8.84. The van der Waals surface area contributed by atoms with Crippen molar-refractivity contribution in [1.82, 2.24) is 19.6 Å². The lowest BCUT2D eigenvalue weighted by molar-refractivity contribution is 0.766. The summed E-state index contributed by atoms with van der Waals surface area (Å²) in [6.07, 6.45) is 5.56. The van der Waals surface area contributed by atoms with Crippen LogP contribution in [0.1, 0.15) is 0 Å². The minimum atomic E-state index is 0.971. The van der Waals surface area contributed by atoms with Crippen molar-refractivity contribution in [2.45, 2.75) is 0 Å². The van der Waals surface area contributed by atoms with Gasteiger partial charge < -0.3 is 0 Å². The summed E-state index contributed by atoms with van der Waals surface area (Å²) < 4.78 is 3.63. The van der Waals surface area contributed by atoms with E-state index in [-0.39, 0.29) is 0 Å². The van der Waals surface area contributed by atoms with Gasteiger partial charge in [0, 0.05) is 12.4 Å². The molecule has 2 heterocycles. The van der Waals surface area contributed by atoms with Crippen LogP contribution in [-0.4, -0.2) is 19.6 Å². The van der Waals surface area contributed by atoms with Crippen molar-refractivity contribution in [3.8, 4) is 5.69 Å². The maximum atomic E-state index is 4.32. The average Bonchev–Trinajstić information content (AvgIpc) is 2.83. The third-order valence-corrected chi connectivity index (χ3v) is 2.35. The molecule has 4 nitrogen and oxygen atoms in total. The number of hydrogen-bond acceptors (Lipinski definition) is 2. The second-order valence-corrected chi connectivity index (χ2v) is 3.41. The predicted octanol–water partition coefficient (Wildman–Crippen LogP) is 1.56. The van der Waals surface area contributed by atoms with Gasteiger partial charge in [-0.05, 0) is 18.2 Å². The topological polar surface area (TPSA) is 35.6 Å². The minimum Gasteiger partial charge on any atom is -0.274 e. The first kappa shape index (κ1) is 8.23. The molecule has 4 heteroatoms. The van der Waals surface area contributed by atoms with Crippen molar-refractivity contribution in [2.75, 3.05) is 0 Å². The van der Waals surface area contributed by atoms with Gasteiger partial charge in [-0.15, -0.1) is 0 Å². The average molecular weight is 197 g/mol. The maximum Gasteiger partial charge on any atom is 0.103 e. The highest BCUT2D eigenvalue weighted by molar-refractivity contribution is 5.79. The van der Waals surface area contributed by atoms with Gasteiger partial charge in [-0.1, -0.05) is 6.07 Å². The monoisotopic (exact) mass is 197 g/mol. The van der Waals surface area contributed by atoms with E-state index in [1.807, 2.05) is 42.3 Å². The van der Waals surface area contributed by atoms with E-state index in [1.54, 1.807) is 10.9 Å². The molecule has 1 aromatic carbocycles. The first-order valence-electron chi connectivity index (χ1n) is 4.67. The van der Waals surface area contributed by atoms with Crippen LogP contribution in [0.15, 0.2) is 36.8 Å². The Morgan fingerprint density at radius 1 is 1.27 bits per heavy atom.